The van der Waals surface area contributed by atoms with Crippen molar-refractivity contribution in [2.24, 2.45) is 0 Å². The summed E-state index contributed by atoms with van der Waals surface area (Å²) in [6.07, 6.45) is -6.15. The Morgan fingerprint density at radius 1 is 0.778 bits per heavy atom. The smallest absolute Gasteiger partial charge is 0.319 e. The van der Waals surface area contributed by atoms with E-state index in [0.29, 0.717) is 10.5 Å². The predicted octanol–water partition coefficient (Wildman–Crippen LogP) is 5.11. The number of anilines is 1. The lowest BCUT2D eigenvalue weighted by Crippen LogP contribution is -2.48. The Kier molecular flexibility index (Phi) is 6.29. The van der Waals surface area contributed by atoms with Crippen LogP contribution in [0.1, 0.15) is 31.8 Å². The summed E-state index contributed by atoms with van der Waals surface area (Å²) in [6, 6.07) is 11.5. The predicted molar refractivity (Wildman–Crippen MR) is 111 cm³/mol. The van der Waals surface area contributed by atoms with E-state index in [2.05, 4.69) is 0 Å². The van der Waals surface area contributed by atoms with Gasteiger partial charge in [-0.15, -0.1) is 0 Å². The first-order valence-electron chi connectivity index (χ1n) is 10.2. The lowest BCUT2D eigenvalue weighted by Gasteiger charge is -2.26. The number of hydrogen-bond acceptors (Lipinski definition) is 3. The molecule has 0 fully saturated rings. The molecule has 0 radical (unpaired) electrons. The first-order valence-corrected chi connectivity index (χ1v) is 10.2. The van der Waals surface area contributed by atoms with Gasteiger partial charge in [0.25, 0.3) is 11.8 Å². The van der Waals surface area contributed by atoms with E-state index in [-0.39, 0.29) is 17.5 Å². The standard InChI is InChI=1S/C24H13F7N2O3/c25-16-15(24(29,30)31)17(26)19(28)20(18(16)27)32-21(34)14(10-11-6-2-1-3-7-11)33-22(35)12-8-4-5-9-13(12)23(33)36/h1-9,14H,10H2,(H,32,34)/t14-/m0/s1. The maximum Gasteiger partial charge on any atom is 0.422 e. The molecular formula is C24H13F7N2O3. The molecule has 0 aliphatic carbocycles. The topological polar surface area (TPSA) is 66.5 Å². The van der Waals surface area contributed by atoms with E-state index in [4.69, 9.17) is 0 Å². The van der Waals surface area contributed by atoms with Crippen molar-refractivity contribution >= 4 is 23.4 Å². The van der Waals surface area contributed by atoms with Crippen molar-refractivity contribution in [1.82, 2.24) is 4.90 Å². The zero-order valence-electron chi connectivity index (χ0n) is 17.8. The molecule has 0 bridgehead atoms. The van der Waals surface area contributed by atoms with E-state index in [1.54, 1.807) is 18.2 Å². The zero-order valence-corrected chi connectivity index (χ0v) is 17.8. The van der Waals surface area contributed by atoms with Crippen LogP contribution in [0.15, 0.2) is 54.6 Å². The number of fused-ring (bicyclic) bond motifs is 1. The molecule has 36 heavy (non-hydrogen) atoms. The molecule has 0 spiro atoms. The van der Waals surface area contributed by atoms with Gasteiger partial charge in [0.1, 0.15) is 17.3 Å². The lowest BCUT2D eigenvalue weighted by molar-refractivity contribution is -0.143. The molecule has 1 atom stereocenters. The van der Waals surface area contributed by atoms with E-state index < -0.39 is 64.5 Å². The van der Waals surface area contributed by atoms with Crippen molar-refractivity contribution in [2.45, 2.75) is 18.6 Å². The molecule has 1 aliphatic heterocycles. The van der Waals surface area contributed by atoms with Crippen LogP contribution in [0.2, 0.25) is 0 Å². The third kappa shape index (κ3) is 4.18. The highest BCUT2D eigenvalue weighted by atomic mass is 19.4. The van der Waals surface area contributed by atoms with Crippen molar-refractivity contribution < 1.29 is 45.1 Å². The second-order valence-electron chi connectivity index (χ2n) is 7.72. The molecule has 5 nitrogen and oxygen atoms in total. The second-order valence-corrected chi connectivity index (χ2v) is 7.72. The molecule has 3 aromatic rings. The van der Waals surface area contributed by atoms with Crippen LogP contribution in [0.3, 0.4) is 0 Å². The minimum Gasteiger partial charge on any atom is -0.319 e. The molecule has 12 heteroatoms. The van der Waals surface area contributed by atoms with E-state index >= 15 is 0 Å². The average Bonchev–Trinajstić information content (AvgIpc) is 3.09. The van der Waals surface area contributed by atoms with Crippen LogP contribution in [-0.4, -0.2) is 28.7 Å². The normalized spacial score (nSPS) is 14.1. The fraction of sp³-hybridized carbons (Fsp3) is 0.125. The van der Waals surface area contributed by atoms with Crippen molar-refractivity contribution in [2.75, 3.05) is 5.32 Å². The van der Waals surface area contributed by atoms with Crippen LogP contribution in [0, 0.1) is 23.3 Å². The number of nitrogens with one attached hydrogen (secondary N) is 1. The number of carbonyl (C=O) groups excluding carboxylic acids is 3. The molecule has 3 amide bonds. The molecule has 0 saturated heterocycles. The molecule has 186 valence electrons. The van der Waals surface area contributed by atoms with Crippen molar-refractivity contribution in [3.63, 3.8) is 0 Å². The number of imide groups is 1. The maximum absolute atomic E-state index is 14.4. The number of halogens is 7. The molecule has 0 aromatic heterocycles. The number of nitrogens with zero attached hydrogens (tertiary/aromatic N) is 1. The molecular weight excluding hydrogens is 497 g/mol. The second kappa shape index (κ2) is 9.10. The highest BCUT2D eigenvalue weighted by molar-refractivity contribution is 6.23. The minimum absolute atomic E-state index is 0.0580. The molecule has 1 N–H and O–H groups in total. The third-order valence-corrected chi connectivity index (χ3v) is 5.51. The highest BCUT2D eigenvalue weighted by Crippen LogP contribution is 2.38. The highest BCUT2D eigenvalue weighted by Gasteiger charge is 2.45. The number of rotatable bonds is 5. The van der Waals surface area contributed by atoms with Crippen molar-refractivity contribution in [3.8, 4) is 0 Å². The van der Waals surface area contributed by atoms with Gasteiger partial charge in [-0.2, -0.15) is 13.2 Å². The summed E-state index contributed by atoms with van der Waals surface area (Å²) in [4.78, 5) is 39.5. The molecule has 0 saturated carbocycles. The molecule has 3 aromatic carbocycles. The van der Waals surface area contributed by atoms with Crippen molar-refractivity contribution in [1.29, 1.82) is 0 Å². The quantitative estimate of drug-likeness (QED) is 0.295. The maximum atomic E-state index is 14.4. The summed E-state index contributed by atoms with van der Waals surface area (Å²) in [5.74, 6) is -13.8. The largest absolute Gasteiger partial charge is 0.422 e. The summed E-state index contributed by atoms with van der Waals surface area (Å²) >= 11 is 0. The zero-order chi connectivity index (χ0) is 26.4. The van der Waals surface area contributed by atoms with Crippen LogP contribution in [0.4, 0.5) is 36.4 Å². The van der Waals surface area contributed by atoms with Gasteiger partial charge < -0.3 is 5.32 Å². The Morgan fingerprint density at radius 2 is 1.25 bits per heavy atom. The fourth-order valence-electron chi connectivity index (χ4n) is 3.83. The fourth-order valence-corrected chi connectivity index (χ4v) is 3.83. The Morgan fingerprint density at radius 3 is 1.72 bits per heavy atom. The Bertz CT molecular complexity index is 1330. The molecule has 0 unspecified atom stereocenters. The number of benzene rings is 3. The minimum atomic E-state index is -5.77. The third-order valence-electron chi connectivity index (χ3n) is 5.51. The summed E-state index contributed by atoms with van der Waals surface area (Å²) in [5.41, 5.74) is -4.37. The number of carbonyl (C=O) groups is 3. The number of hydrogen-bond donors (Lipinski definition) is 1. The molecule has 1 aliphatic rings. The van der Waals surface area contributed by atoms with E-state index in [9.17, 15) is 45.1 Å². The van der Waals surface area contributed by atoms with Gasteiger partial charge in [-0.3, -0.25) is 19.3 Å². The molecule has 1 heterocycles. The number of amides is 3. The summed E-state index contributed by atoms with van der Waals surface area (Å²) < 4.78 is 95.4. The van der Waals surface area contributed by atoms with Crippen LogP contribution >= 0.6 is 0 Å². The van der Waals surface area contributed by atoms with E-state index in [1.807, 2.05) is 0 Å². The van der Waals surface area contributed by atoms with Gasteiger partial charge in [0.2, 0.25) is 5.91 Å². The van der Waals surface area contributed by atoms with Gasteiger partial charge in [0.05, 0.1) is 11.1 Å². The van der Waals surface area contributed by atoms with Crippen molar-refractivity contribution in [3.05, 3.63) is 100 Å². The monoisotopic (exact) mass is 510 g/mol. The summed E-state index contributed by atoms with van der Waals surface area (Å²) in [6.45, 7) is 0. The van der Waals surface area contributed by atoms with Gasteiger partial charge in [0, 0.05) is 6.42 Å². The van der Waals surface area contributed by atoms with Gasteiger partial charge in [0.15, 0.2) is 23.3 Å². The van der Waals surface area contributed by atoms with Crippen LogP contribution in [-0.2, 0) is 17.4 Å². The lowest BCUT2D eigenvalue weighted by atomic mass is 10.0. The Balaban J connectivity index is 1.76. The summed E-state index contributed by atoms with van der Waals surface area (Å²) in [5, 5.41) is 1.52. The number of alkyl halides is 3. The average molecular weight is 510 g/mol. The molecule has 4 rings (SSSR count). The van der Waals surface area contributed by atoms with Gasteiger partial charge in [-0.05, 0) is 17.7 Å². The first-order chi connectivity index (χ1) is 16.9. The van der Waals surface area contributed by atoms with Crippen LogP contribution in [0.5, 0.6) is 0 Å². The summed E-state index contributed by atoms with van der Waals surface area (Å²) in [7, 11) is 0. The Labute approximate surface area is 198 Å². The van der Waals surface area contributed by atoms with Crippen LogP contribution < -0.4 is 5.32 Å². The SMILES string of the molecule is O=C(Nc1c(F)c(F)c(C(F)(F)F)c(F)c1F)[C@H](Cc1ccccc1)N1C(=O)c2ccccc2C1=O. The van der Waals surface area contributed by atoms with Gasteiger partial charge >= 0.3 is 6.18 Å². The van der Waals surface area contributed by atoms with Gasteiger partial charge in [-0.25, -0.2) is 17.6 Å². The van der Waals surface area contributed by atoms with E-state index in [0.717, 1.165) is 0 Å². The van der Waals surface area contributed by atoms with E-state index in [1.165, 1.54) is 41.7 Å². The Hall–Kier alpha value is -4.22. The first kappa shape index (κ1) is 24.9. The van der Waals surface area contributed by atoms with Crippen LogP contribution in [0.25, 0.3) is 0 Å². The van der Waals surface area contributed by atoms with Gasteiger partial charge in [-0.1, -0.05) is 42.5 Å².